The zero-order chi connectivity index (χ0) is 44.5. The highest BCUT2D eigenvalue weighted by Gasteiger charge is 2.23. The Balaban J connectivity index is 1.33. The van der Waals surface area contributed by atoms with Gasteiger partial charge in [-0.1, -0.05) is 78.9 Å². The monoisotopic (exact) mass is 876 g/mol. The van der Waals surface area contributed by atoms with E-state index < -0.39 is 11.9 Å². The zero-order valence-electron chi connectivity index (χ0n) is 36.5. The van der Waals surface area contributed by atoms with Crippen LogP contribution in [0.3, 0.4) is 0 Å². The smallest absolute Gasteiger partial charge is 0.344 e. The minimum Gasteiger partial charge on any atom is -0.491 e. The van der Waals surface area contributed by atoms with E-state index in [1.807, 2.05) is 72.8 Å². The third kappa shape index (κ3) is 12.2. The number of hydrogen-bond acceptors (Lipinski definition) is 13. The molecule has 0 atom stereocenters. The van der Waals surface area contributed by atoms with Gasteiger partial charge >= 0.3 is 11.9 Å². The minimum absolute atomic E-state index is 0.137. The van der Waals surface area contributed by atoms with E-state index in [9.17, 15) is 14.7 Å². The molecular weight excluding hydrogens is 821 g/mol. The van der Waals surface area contributed by atoms with Crippen molar-refractivity contribution in [3.8, 4) is 34.5 Å². The summed E-state index contributed by atoms with van der Waals surface area (Å²) in [5, 5.41) is 9.78. The van der Waals surface area contributed by atoms with Gasteiger partial charge in [0.15, 0.2) is 24.7 Å². The van der Waals surface area contributed by atoms with Gasteiger partial charge in [-0.3, -0.25) is 0 Å². The summed E-state index contributed by atoms with van der Waals surface area (Å²) in [5.41, 5.74) is 7.70. The van der Waals surface area contributed by atoms with E-state index in [0.717, 1.165) is 44.5 Å². The first-order chi connectivity index (χ1) is 31.4. The second-order valence-corrected chi connectivity index (χ2v) is 15.1. The van der Waals surface area contributed by atoms with Crippen LogP contribution in [0.25, 0.3) is 0 Å². The van der Waals surface area contributed by atoms with Crippen molar-refractivity contribution < 1.29 is 62.1 Å². The lowest BCUT2D eigenvalue weighted by atomic mass is 9.91. The summed E-state index contributed by atoms with van der Waals surface area (Å²) in [6, 6.07) is 29.4. The molecule has 0 saturated carbocycles. The molecule has 64 heavy (non-hydrogen) atoms. The van der Waals surface area contributed by atoms with E-state index in [0.29, 0.717) is 65.7 Å². The Morgan fingerprint density at radius 2 is 0.859 bits per heavy atom. The molecule has 2 heterocycles. The van der Waals surface area contributed by atoms with E-state index in [1.165, 1.54) is 0 Å². The van der Waals surface area contributed by atoms with Crippen molar-refractivity contribution in [3.63, 3.8) is 0 Å². The Labute approximate surface area is 374 Å². The van der Waals surface area contributed by atoms with Gasteiger partial charge in [0, 0.05) is 25.7 Å². The Morgan fingerprint density at radius 3 is 1.25 bits per heavy atom. The largest absolute Gasteiger partial charge is 0.491 e. The fourth-order valence-electron chi connectivity index (χ4n) is 7.81. The molecule has 1 aliphatic carbocycles. The van der Waals surface area contributed by atoms with Crippen LogP contribution in [-0.2, 0) is 60.8 Å². The summed E-state index contributed by atoms with van der Waals surface area (Å²) in [6.07, 6.45) is 1.65. The minimum atomic E-state index is -0.463. The quantitative estimate of drug-likeness (QED) is 0.118. The van der Waals surface area contributed by atoms with Crippen LogP contribution in [0.1, 0.15) is 63.9 Å². The number of para-hydroxylation sites is 4. The molecular formula is C51H56O13. The molecule has 0 unspecified atom stereocenters. The van der Waals surface area contributed by atoms with Crippen molar-refractivity contribution in [3.05, 3.63) is 141 Å². The molecule has 3 aliphatic rings. The summed E-state index contributed by atoms with van der Waals surface area (Å²) in [6.45, 7) is 5.41. The first-order valence-corrected chi connectivity index (χ1v) is 21.8. The Morgan fingerprint density at radius 1 is 0.484 bits per heavy atom. The maximum absolute atomic E-state index is 12.7. The molecule has 2 aliphatic heterocycles. The third-order valence-corrected chi connectivity index (χ3v) is 10.6. The number of carbonyl (C=O) groups excluding carboxylic acids is 2. The third-order valence-electron chi connectivity index (χ3n) is 10.6. The number of benzene rings is 5. The molecule has 338 valence electrons. The molecule has 0 fully saturated rings. The maximum Gasteiger partial charge on any atom is 0.344 e. The van der Waals surface area contributed by atoms with Gasteiger partial charge in [0.25, 0.3) is 0 Å². The molecule has 0 spiro atoms. The average molecular weight is 877 g/mol. The van der Waals surface area contributed by atoms with Crippen molar-refractivity contribution in [2.45, 2.75) is 46.1 Å². The standard InChI is InChI=1S/C51H56O13/c1-3-57-46(53)33-63-50-40-13-7-15-42(50)30-38-11-6-12-39-31-43-16-8-14-41(51(43)64-34-47(54)58-4-2)29-37-10-5-9-36(28-40)48(37)61-25-21-55-19-23-59-44-18-17-35(32-52)27-45(44)60-24-20-56-22-26-62-49(38)39/h5-18,27,52H,3-4,19-26,28-34H2,1-2H3. The molecule has 0 saturated heterocycles. The fourth-order valence-corrected chi connectivity index (χ4v) is 7.81. The molecule has 5 aromatic carbocycles. The van der Waals surface area contributed by atoms with Crippen molar-refractivity contribution in [1.29, 1.82) is 0 Å². The molecule has 13 heteroatoms. The van der Waals surface area contributed by atoms with Crippen LogP contribution in [0, 0.1) is 0 Å². The van der Waals surface area contributed by atoms with E-state index in [4.69, 9.17) is 47.4 Å². The molecule has 0 amide bonds. The number of aliphatic hydroxyl groups excluding tert-OH is 1. The number of ether oxygens (including phenoxy) is 10. The summed E-state index contributed by atoms with van der Waals surface area (Å²) in [5.74, 6) is 2.62. The molecule has 13 nitrogen and oxygen atoms in total. The lowest BCUT2D eigenvalue weighted by Crippen LogP contribution is -2.17. The van der Waals surface area contributed by atoms with Gasteiger partial charge in [-0.05, 0) is 76.1 Å². The summed E-state index contributed by atoms with van der Waals surface area (Å²) >= 11 is 0. The topological polar surface area (TPSA) is 147 Å². The van der Waals surface area contributed by atoms with E-state index >= 15 is 0 Å². The highest BCUT2D eigenvalue weighted by molar-refractivity contribution is 5.72. The number of fused-ring (bicyclic) bond motifs is 12. The highest BCUT2D eigenvalue weighted by Crippen LogP contribution is 2.39. The van der Waals surface area contributed by atoms with Crippen molar-refractivity contribution >= 4 is 11.9 Å². The van der Waals surface area contributed by atoms with Crippen molar-refractivity contribution in [1.82, 2.24) is 0 Å². The fraction of sp³-hybridized carbons (Fsp3) is 0.373. The van der Waals surface area contributed by atoms with Gasteiger partial charge < -0.3 is 52.5 Å². The molecule has 8 rings (SSSR count). The van der Waals surface area contributed by atoms with Gasteiger partial charge in [0.1, 0.15) is 49.4 Å². The van der Waals surface area contributed by atoms with Gasteiger partial charge in [0.2, 0.25) is 0 Å². The number of hydrogen-bond donors (Lipinski definition) is 1. The van der Waals surface area contributed by atoms with E-state index in [2.05, 4.69) is 0 Å². The lowest BCUT2D eigenvalue weighted by molar-refractivity contribution is -0.146. The van der Waals surface area contributed by atoms with E-state index in [1.54, 1.807) is 32.0 Å². The highest BCUT2D eigenvalue weighted by atomic mass is 16.6. The number of esters is 2. The lowest BCUT2D eigenvalue weighted by Gasteiger charge is -2.22. The van der Waals surface area contributed by atoms with Crippen molar-refractivity contribution in [2.75, 3.05) is 79.3 Å². The normalized spacial score (nSPS) is 14.5. The summed E-state index contributed by atoms with van der Waals surface area (Å²) in [4.78, 5) is 25.5. The van der Waals surface area contributed by atoms with Crippen LogP contribution < -0.4 is 28.4 Å². The Hall–Kier alpha value is -6.28. The first kappa shape index (κ1) is 45.7. The van der Waals surface area contributed by atoms with Crippen LogP contribution in [0.5, 0.6) is 34.5 Å². The van der Waals surface area contributed by atoms with Gasteiger partial charge in [-0.15, -0.1) is 0 Å². The van der Waals surface area contributed by atoms with Crippen LogP contribution in [-0.4, -0.2) is 96.3 Å². The summed E-state index contributed by atoms with van der Waals surface area (Å²) in [7, 11) is 0. The zero-order valence-corrected chi connectivity index (χ0v) is 36.5. The van der Waals surface area contributed by atoms with Crippen LogP contribution in [0.4, 0.5) is 0 Å². The first-order valence-electron chi connectivity index (χ1n) is 21.8. The van der Waals surface area contributed by atoms with E-state index in [-0.39, 0.29) is 85.9 Å². The average Bonchev–Trinajstić information content (AvgIpc) is 3.29. The van der Waals surface area contributed by atoms with Gasteiger partial charge in [-0.25, -0.2) is 9.59 Å². The van der Waals surface area contributed by atoms with Gasteiger partial charge in [0.05, 0.1) is 46.2 Å². The number of aliphatic hydroxyl groups is 1. The number of carbonyl (C=O) groups is 2. The predicted octanol–water partition coefficient (Wildman–Crippen LogP) is 7.00. The summed E-state index contributed by atoms with van der Waals surface area (Å²) < 4.78 is 60.8. The van der Waals surface area contributed by atoms with Crippen LogP contribution >= 0.6 is 0 Å². The van der Waals surface area contributed by atoms with Crippen molar-refractivity contribution in [2.24, 2.45) is 0 Å². The second-order valence-electron chi connectivity index (χ2n) is 15.1. The molecule has 0 aromatic heterocycles. The molecule has 1 N–H and O–H groups in total. The SMILES string of the molecule is CCOC(=O)COc1c2cccc1Cc1cccc3c1OCCOCCOc1cc(CO)ccc1OCCOCCOc1c(cccc1Cc1cccc(c1OCC(=O)OCC)C3)C2. The van der Waals surface area contributed by atoms with Crippen LogP contribution in [0.15, 0.2) is 91.0 Å². The maximum atomic E-state index is 12.7. The Kier molecular flexibility index (Phi) is 16.7. The second kappa shape index (κ2) is 23.4. The Bertz CT molecular complexity index is 2230. The molecule has 5 aromatic rings. The predicted molar refractivity (Wildman–Crippen MR) is 237 cm³/mol. The number of rotatable bonds is 9. The van der Waals surface area contributed by atoms with Gasteiger partial charge in [-0.2, -0.15) is 0 Å². The molecule has 10 bridgehead atoms. The van der Waals surface area contributed by atoms with Crippen LogP contribution in [0.2, 0.25) is 0 Å². The molecule has 0 radical (unpaired) electrons.